The zero-order valence-electron chi connectivity index (χ0n) is 11.6. The van der Waals surface area contributed by atoms with Crippen LogP contribution in [0.2, 0.25) is 0 Å². The van der Waals surface area contributed by atoms with Crippen LogP contribution in [-0.2, 0) is 9.59 Å². The summed E-state index contributed by atoms with van der Waals surface area (Å²) >= 11 is 3.46. The smallest absolute Gasteiger partial charge is 0.235 e. The SMILES string of the molecule is C#CCN1C(=O)[C@H]2[C@H](CN(C)[C@H]2c2cccc(Br)c2)C1=O. The average Bonchev–Trinajstić information content (AvgIpc) is 2.90. The van der Waals surface area contributed by atoms with E-state index in [1.165, 1.54) is 4.90 Å². The van der Waals surface area contributed by atoms with Crippen LogP contribution in [0.25, 0.3) is 0 Å². The fourth-order valence-corrected chi connectivity index (χ4v) is 3.88. The molecule has 2 aliphatic heterocycles. The number of imide groups is 1. The highest BCUT2D eigenvalue weighted by Gasteiger charge is 2.56. The maximum absolute atomic E-state index is 12.6. The Morgan fingerprint density at radius 3 is 2.81 bits per heavy atom. The number of halogens is 1. The molecule has 0 radical (unpaired) electrons. The Bertz CT molecular complexity index is 652. The molecule has 2 saturated heterocycles. The third-order valence-electron chi connectivity index (χ3n) is 4.31. The van der Waals surface area contributed by atoms with Gasteiger partial charge in [0.15, 0.2) is 0 Å². The second-order valence-corrected chi connectivity index (χ2v) is 6.45. The van der Waals surface area contributed by atoms with Gasteiger partial charge in [-0.2, -0.15) is 0 Å². The molecule has 1 aromatic rings. The molecular weight excluding hydrogens is 332 g/mol. The number of nitrogens with zero attached hydrogens (tertiary/aromatic N) is 2. The molecule has 0 unspecified atom stereocenters. The van der Waals surface area contributed by atoms with Gasteiger partial charge in [0.05, 0.1) is 18.4 Å². The lowest BCUT2D eigenvalue weighted by molar-refractivity contribution is -0.140. The molecule has 0 spiro atoms. The largest absolute Gasteiger partial charge is 0.298 e. The lowest BCUT2D eigenvalue weighted by atomic mass is 9.89. The zero-order chi connectivity index (χ0) is 15.1. The normalized spacial score (nSPS) is 28.8. The zero-order valence-corrected chi connectivity index (χ0v) is 13.2. The van der Waals surface area contributed by atoms with Crippen LogP contribution in [0.5, 0.6) is 0 Å². The van der Waals surface area contributed by atoms with E-state index in [2.05, 4.69) is 26.8 Å². The van der Waals surface area contributed by atoms with Crippen LogP contribution < -0.4 is 0 Å². The number of benzene rings is 1. The van der Waals surface area contributed by atoms with Gasteiger partial charge in [-0.1, -0.05) is 34.0 Å². The first-order chi connectivity index (χ1) is 10.0. The summed E-state index contributed by atoms with van der Waals surface area (Å²) in [7, 11) is 1.95. The molecule has 1 aromatic carbocycles. The Balaban J connectivity index is 1.98. The number of amides is 2. The highest BCUT2D eigenvalue weighted by molar-refractivity contribution is 9.10. The monoisotopic (exact) mass is 346 g/mol. The van der Waals surface area contributed by atoms with E-state index >= 15 is 0 Å². The lowest BCUT2D eigenvalue weighted by Gasteiger charge is -2.25. The summed E-state index contributed by atoms with van der Waals surface area (Å²) in [6.45, 7) is 0.660. The molecule has 108 valence electrons. The molecule has 3 rings (SSSR count). The Hall–Kier alpha value is -1.64. The van der Waals surface area contributed by atoms with E-state index in [-0.39, 0.29) is 36.2 Å². The van der Waals surface area contributed by atoms with Gasteiger partial charge in [0.25, 0.3) is 0 Å². The van der Waals surface area contributed by atoms with Gasteiger partial charge in [-0.25, -0.2) is 0 Å². The maximum Gasteiger partial charge on any atom is 0.235 e. The molecular formula is C16H15BrN2O2. The second-order valence-electron chi connectivity index (χ2n) is 5.54. The van der Waals surface area contributed by atoms with Crippen molar-refractivity contribution in [3.8, 4) is 12.3 Å². The first-order valence-corrected chi connectivity index (χ1v) is 7.58. The van der Waals surface area contributed by atoms with Crippen LogP contribution in [0.1, 0.15) is 11.6 Å². The minimum absolute atomic E-state index is 0.0690. The fraction of sp³-hybridized carbons (Fsp3) is 0.375. The summed E-state index contributed by atoms with van der Waals surface area (Å²) in [5.74, 6) is 1.52. The number of carbonyl (C=O) groups excluding carboxylic acids is 2. The number of carbonyl (C=O) groups is 2. The van der Waals surface area contributed by atoms with E-state index in [4.69, 9.17) is 6.42 Å². The van der Waals surface area contributed by atoms with Crippen molar-refractivity contribution in [2.75, 3.05) is 20.1 Å². The van der Waals surface area contributed by atoms with E-state index in [0.29, 0.717) is 6.54 Å². The van der Waals surface area contributed by atoms with Gasteiger partial charge in [-0.3, -0.25) is 19.4 Å². The minimum atomic E-state index is -0.329. The standard InChI is InChI=1S/C16H15BrN2O2/c1-3-7-19-15(20)12-9-18(2)14(13(12)16(19)21)10-5-4-6-11(17)8-10/h1,4-6,8,12-14H,7,9H2,2H3/t12-,13-,14-/m0/s1. The third-order valence-corrected chi connectivity index (χ3v) is 4.80. The predicted octanol–water partition coefficient (Wildman–Crippen LogP) is 1.67. The predicted molar refractivity (Wildman–Crippen MR) is 82.0 cm³/mol. The molecule has 2 fully saturated rings. The fourth-order valence-electron chi connectivity index (χ4n) is 3.46. The number of terminal acetylenes is 1. The van der Waals surface area contributed by atoms with E-state index < -0.39 is 0 Å². The number of hydrogen-bond acceptors (Lipinski definition) is 3. The van der Waals surface area contributed by atoms with Gasteiger partial charge in [0, 0.05) is 17.1 Å². The highest BCUT2D eigenvalue weighted by Crippen LogP contribution is 2.45. The first-order valence-electron chi connectivity index (χ1n) is 6.79. The molecule has 0 aliphatic carbocycles. The molecule has 0 N–H and O–H groups in total. The van der Waals surface area contributed by atoms with Gasteiger partial charge >= 0.3 is 0 Å². The Kier molecular flexibility index (Phi) is 3.60. The highest BCUT2D eigenvalue weighted by atomic mass is 79.9. The first kappa shape index (κ1) is 14.3. The Morgan fingerprint density at radius 1 is 1.38 bits per heavy atom. The van der Waals surface area contributed by atoms with Crippen LogP contribution in [0.3, 0.4) is 0 Å². The van der Waals surface area contributed by atoms with E-state index in [9.17, 15) is 9.59 Å². The van der Waals surface area contributed by atoms with Crippen LogP contribution in [0.15, 0.2) is 28.7 Å². The average molecular weight is 347 g/mol. The van der Waals surface area contributed by atoms with Crippen molar-refractivity contribution < 1.29 is 9.59 Å². The summed E-state index contributed by atoms with van der Waals surface area (Å²) in [5, 5.41) is 0. The molecule has 0 aromatic heterocycles. The maximum atomic E-state index is 12.6. The Morgan fingerprint density at radius 2 is 2.14 bits per heavy atom. The molecule has 2 heterocycles. The van der Waals surface area contributed by atoms with Gasteiger partial charge in [0.1, 0.15) is 0 Å². The summed E-state index contributed by atoms with van der Waals surface area (Å²) in [6, 6.07) is 7.82. The number of hydrogen-bond donors (Lipinski definition) is 0. The lowest BCUT2D eigenvalue weighted by Crippen LogP contribution is -2.36. The van der Waals surface area contributed by atoms with Crippen molar-refractivity contribution in [3.05, 3.63) is 34.3 Å². The quantitative estimate of drug-likeness (QED) is 0.604. The number of fused-ring (bicyclic) bond motifs is 1. The van der Waals surface area contributed by atoms with E-state index in [1.54, 1.807) is 0 Å². The summed E-state index contributed by atoms with van der Waals surface area (Å²) < 4.78 is 0.967. The molecule has 3 atom stereocenters. The number of likely N-dealkylation sites (tertiary alicyclic amines) is 2. The molecule has 21 heavy (non-hydrogen) atoms. The topological polar surface area (TPSA) is 40.6 Å². The van der Waals surface area contributed by atoms with Gasteiger partial charge in [-0.05, 0) is 24.7 Å². The summed E-state index contributed by atoms with van der Waals surface area (Å²) in [6.07, 6.45) is 5.26. The van der Waals surface area contributed by atoms with Crippen LogP contribution in [-0.4, -0.2) is 41.8 Å². The molecule has 5 heteroatoms. The second kappa shape index (κ2) is 5.28. The van der Waals surface area contributed by atoms with Crippen molar-refractivity contribution in [1.29, 1.82) is 0 Å². The number of rotatable bonds is 2. The minimum Gasteiger partial charge on any atom is -0.298 e. The van der Waals surface area contributed by atoms with Gasteiger partial charge < -0.3 is 0 Å². The molecule has 0 saturated carbocycles. The van der Waals surface area contributed by atoms with Gasteiger partial charge in [0.2, 0.25) is 11.8 Å². The summed E-state index contributed by atoms with van der Waals surface area (Å²) in [4.78, 5) is 28.2. The van der Waals surface area contributed by atoms with E-state index in [0.717, 1.165) is 10.0 Å². The molecule has 0 bridgehead atoms. The van der Waals surface area contributed by atoms with Gasteiger partial charge in [-0.15, -0.1) is 6.42 Å². The third kappa shape index (κ3) is 2.19. The van der Waals surface area contributed by atoms with Crippen molar-refractivity contribution in [3.63, 3.8) is 0 Å². The van der Waals surface area contributed by atoms with Crippen molar-refractivity contribution >= 4 is 27.7 Å². The van der Waals surface area contributed by atoms with Crippen molar-refractivity contribution in [2.45, 2.75) is 6.04 Å². The van der Waals surface area contributed by atoms with Crippen LogP contribution in [0, 0.1) is 24.2 Å². The van der Waals surface area contributed by atoms with Crippen LogP contribution in [0.4, 0.5) is 0 Å². The van der Waals surface area contributed by atoms with Crippen LogP contribution >= 0.6 is 15.9 Å². The van der Waals surface area contributed by atoms with Crippen molar-refractivity contribution in [1.82, 2.24) is 9.80 Å². The molecule has 4 nitrogen and oxygen atoms in total. The summed E-state index contributed by atoms with van der Waals surface area (Å²) in [5.41, 5.74) is 1.04. The van der Waals surface area contributed by atoms with Crippen molar-refractivity contribution in [2.24, 2.45) is 11.8 Å². The molecule has 2 aliphatic rings. The Labute approximate surface area is 132 Å². The van der Waals surface area contributed by atoms with E-state index in [1.807, 2.05) is 31.3 Å². The molecule has 2 amide bonds.